The quantitative estimate of drug-likeness (QED) is 0.710. The summed E-state index contributed by atoms with van der Waals surface area (Å²) in [6.07, 6.45) is 0.873. The first kappa shape index (κ1) is 13.7. The van der Waals surface area contributed by atoms with E-state index < -0.39 is 0 Å². The molecule has 1 unspecified atom stereocenters. The highest BCUT2D eigenvalue weighted by Gasteiger charge is 2.17. The number of benzene rings is 1. The fourth-order valence-corrected chi connectivity index (χ4v) is 2.12. The molecule has 3 nitrogen and oxygen atoms in total. The second-order valence-corrected chi connectivity index (χ2v) is 4.02. The molecule has 0 N–H and O–H groups in total. The first-order valence-electron chi connectivity index (χ1n) is 6.05. The van der Waals surface area contributed by atoms with Crippen molar-refractivity contribution in [1.82, 2.24) is 4.90 Å². The molecule has 0 heterocycles. The molecule has 0 amide bonds. The number of aldehydes is 1. The molecular weight excluding hydrogens is 214 g/mol. The van der Waals surface area contributed by atoms with Crippen LogP contribution in [0.25, 0.3) is 0 Å². The number of ether oxygens (including phenoxy) is 1. The highest BCUT2D eigenvalue weighted by molar-refractivity contribution is 5.75. The van der Waals surface area contributed by atoms with Gasteiger partial charge in [0.1, 0.15) is 12.0 Å². The van der Waals surface area contributed by atoms with Gasteiger partial charge >= 0.3 is 0 Å². The van der Waals surface area contributed by atoms with Gasteiger partial charge in [-0.2, -0.15) is 0 Å². The van der Waals surface area contributed by atoms with E-state index in [0.717, 1.165) is 30.7 Å². The van der Waals surface area contributed by atoms with Crippen LogP contribution in [0.5, 0.6) is 5.75 Å². The zero-order chi connectivity index (χ0) is 12.8. The van der Waals surface area contributed by atoms with E-state index in [9.17, 15) is 4.79 Å². The third kappa shape index (κ3) is 3.07. The van der Waals surface area contributed by atoms with Crippen LogP contribution in [0.3, 0.4) is 0 Å². The van der Waals surface area contributed by atoms with Crippen molar-refractivity contribution >= 4 is 6.29 Å². The van der Waals surface area contributed by atoms with Gasteiger partial charge in [-0.3, -0.25) is 9.69 Å². The normalized spacial score (nSPS) is 12.5. The second kappa shape index (κ2) is 6.40. The molecule has 0 aliphatic rings. The summed E-state index contributed by atoms with van der Waals surface area (Å²) in [6, 6.07) is 5.80. The molecule has 17 heavy (non-hydrogen) atoms. The van der Waals surface area contributed by atoms with E-state index >= 15 is 0 Å². The van der Waals surface area contributed by atoms with Crippen LogP contribution >= 0.6 is 0 Å². The van der Waals surface area contributed by atoms with E-state index in [2.05, 4.69) is 25.7 Å². The van der Waals surface area contributed by atoms with Crippen LogP contribution in [0.1, 0.15) is 42.7 Å². The van der Waals surface area contributed by atoms with Gasteiger partial charge in [0.05, 0.1) is 7.11 Å². The van der Waals surface area contributed by atoms with E-state index in [-0.39, 0.29) is 6.04 Å². The molecule has 0 saturated carbocycles. The molecule has 1 aromatic rings. The van der Waals surface area contributed by atoms with Crippen LogP contribution in [0.15, 0.2) is 18.2 Å². The average Bonchev–Trinajstić information content (AvgIpc) is 2.39. The third-order valence-corrected chi connectivity index (χ3v) is 3.20. The summed E-state index contributed by atoms with van der Waals surface area (Å²) in [7, 11) is 1.66. The predicted molar refractivity (Wildman–Crippen MR) is 69.7 cm³/mol. The van der Waals surface area contributed by atoms with Crippen molar-refractivity contribution in [2.24, 2.45) is 0 Å². The molecule has 94 valence electrons. The van der Waals surface area contributed by atoms with Crippen molar-refractivity contribution in [3.05, 3.63) is 29.3 Å². The van der Waals surface area contributed by atoms with Crippen LogP contribution < -0.4 is 4.74 Å². The summed E-state index contributed by atoms with van der Waals surface area (Å²) >= 11 is 0. The Balaban J connectivity index is 3.12. The van der Waals surface area contributed by atoms with E-state index in [1.807, 2.05) is 12.1 Å². The number of carbonyl (C=O) groups excluding carboxylic acids is 1. The minimum atomic E-state index is 0.250. The summed E-state index contributed by atoms with van der Waals surface area (Å²) in [5.41, 5.74) is 1.76. The molecule has 0 aliphatic carbocycles. The second-order valence-electron chi connectivity index (χ2n) is 4.02. The van der Waals surface area contributed by atoms with Gasteiger partial charge < -0.3 is 4.74 Å². The van der Waals surface area contributed by atoms with Crippen molar-refractivity contribution in [2.45, 2.75) is 26.8 Å². The lowest BCUT2D eigenvalue weighted by atomic mass is 10.0. The maximum Gasteiger partial charge on any atom is 0.150 e. The number of carbonyl (C=O) groups is 1. The smallest absolute Gasteiger partial charge is 0.150 e. The summed E-state index contributed by atoms with van der Waals surface area (Å²) in [5, 5.41) is 0. The van der Waals surface area contributed by atoms with Gasteiger partial charge in [-0.05, 0) is 38.2 Å². The minimum Gasteiger partial charge on any atom is -0.496 e. The summed E-state index contributed by atoms with van der Waals surface area (Å²) in [4.78, 5) is 13.2. The molecule has 0 radical (unpaired) electrons. The first-order valence-corrected chi connectivity index (χ1v) is 6.05. The van der Waals surface area contributed by atoms with Gasteiger partial charge in [0, 0.05) is 17.2 Å². The SMILES string of the molecule is CCN(CC)C(C)c1cc(C=O)ccc1OC. The largest absolute Gasteiger partial charge is 0.496 e. The number of rotatable bonds is 6. The predicted octanol–water partition coefficient (Wildman–Crippen LogP) is 2.91. The van der Waals surface area contributed by atoms with Crippen LogP contribution in [0, 0.1) is 0 Å². The Morgan fingerprint density at radius 2 is 2.00 bits per heavy atom. The van der Waals surface area contributed by atoms with Crippen LogP contribution in [0.2, 0.25) is 0 Å². The molecule has 0 spiro atoms. The zero-order valence-corrected chi connectivity index (χ0v) is 11.1. The number of methoxy groups -OCH3 is 1. The molecule has 0 saturated heterocycles. The van der Waals surface area contributed by atoms with Gasteiger partial charge in [-0.25, -0.2) is 0 Å². The molecule has 1 aromatic carbocycles. The molecular formula is C14H21NO2. The number of hydrogen-bond donors (Lipinski definition) is 0. The Morgan fingerprint density at radius 1 is 1.35 bits per heavy atom. The number of nitrogens with zero attached hydrogens (tertiary/aromatic N) is 1. The highest BCUT2D eigenvalue weighted by Crippen LogP contribution is 2.29. The zero-order valence-electron chi connectivity index (χ0n) is 11.1. The van der Waals surface area contributed by atoms with Gasteiger partial charge in [-0.1, -0.05) is 13.8 Å². The van der Waals surface area contributed by atoms with E-state index in [4.69, 9.17) is 4.74 Å². The fourth-order valence-electron chi connectivity index (χ4n) is 2.12. The van der Waals surface area contributed by atoms with Gasteiger partial charge in [0.25, 0.3) is 0 Å². The van der Waals surface area contributed by atoms with Gasteiger partial charge in [0.15, 0.2) is 0 Å². The first-order chi connectivity index (χ1) is 8.17. The van der Waals surface area contributed by atoms with Gasteiger partial charge in [-0.15, -0.1) is 0 Å². The van der Waals surface area contributed by atoms with E-state index in [0.29, 0.717) is 5.56 Å². The van der Waals surface area contributed by atoms with Crippen LogP contribution in [-0.4, -0.2) is 31.4 Å². The van der Waals surface area contributed by atoms with E-state index in [1.165, 1.54) is 0 Å². The topological polar surface area (TPSA) is 29.5 Å². The van der Waals surface area contributed by atoms with E-state index in [1.54, 1.807) is 13.2 Å². The van der Waals surface area contributed by atoms with Gasteiger partial charge in [0.2, 0.25) is 0 Å². The lowest BCUT2D eigenvalue weighted by Gasteiger charge is -2.28. The van der Waals surface area contributed by atoms with Crippen LogP contribution in [-0.2, 0) is 0 Å². The Labute approximate surface area is 103 Å². The fraction of sp³-hybridized carbons (Fsp3) is 0.500. The van der Waals surface area contributed by atoms with Crippen molar-refractivity contribution in [3.8, 4) is 5.75 Å². The minimum absolute atomic E-state index is 0.250. The van der Waals surface area contributed by atoms with Crippen LogP contribution in [0.4, 0.5) is 0 Å². The molecule has 0 fully saturated rings. The standard InChI is InChI=1S/C14H21NO2/c1-5-15(6-2)11(3)13-9-12(10-16)7-8-14(13)17-4/h7-11H,5-6H2,1-4H3. The average molecular weight is 235 g/mol. The molecule has 1 rings (SSSR count). The monoisotopic (exact) mass is 235 g/mol. The highest BCUT2D eigenvalue weighted by atomic mass is 16.5. The Hall–Kier alpha value is -1.35. The van der Waals surface area contributed by atoms with Crippen molar-refractivity contribution in [3.63, 3.8) is 0 Å². The molecule has 0 aliphatic heterocycles. The van der Waals surface area contributed by atoms with Crippen molar-refractivity contribution < 1.29 is 9.53 Å². The molecule has 3 heteroatoms. The van der Waals surface area contributed by atoms with Crippen molar-refractivity contribution in [1.29, 1.82) is 0 Å². The Kier molecular flexibility index (Phi) is 5.16. The maximum atomic E-state index is 10.8. The lowest BCUT2D eigenvalue weighted by Crippen LogP contribution is -2.26. The summed E-state index contributed by atoms with van der Waals surface area (Å²) in [6.45, 7) is 8.36. The number of hydrogen-bond acceptors (Lipinski definition) is 3. The lowest BCUT2D eigenvalue weighted by molar-refractivity contribution is 0.112. The Morgan fingerprint density at radius 3 is 2.47 bits per heavy atom. The maximum absolute atomic E-state index is 10.8. The molecule has 1 atom stereocenters. The summed E-state index contributed by atoms with van der Waals surface area (Å²) in [5.74, 6) is 0.843. The van der Waals surface area contributed by atoms with Crippen molar-refractivity contribution in [2.75, 3.05) is 20.2 Å². The third-order valence-electron chi connectivity index (χ3n) is 3.20. The summed E-state index contributed by atoms with van der Waals surface area (Å²) < 4.78 is 5.36. The molecule has 0 bridgehead atoms. The molecule has 0 aromatic heterocycles. The Bertz CT molecular complexity index is 372.